The van der Waals surface area contributed by atoms with Gasteiger partial charge < -0.3 is 0 Å². The molecule has 2 aliphatic carbocycles. The number of para-hydroxylation sites is 1. The molecule has 2 aromatic rings. The van der Waals surface area contributed by atoms with Gasteiger partial charge in [-0.15, -0.1) is 0 Å². The summed E-state index contributed by atoms with van der Waals surface area (Å²) in [4.78, 5) is 0. The predicted molar refractivity (Wildman–Crippen MR) is 116 cm³/mol. The van der Waals surface area contributed by atoms with Crippen molar-refractivity contribution in [3.8, 4) is 5.69 Å². The molecule has 1 atom stereocenters. The maximum atomic E-state index is 2.65. The molecule has 3 aliphatic rings. The van der Waals surface area contributed by atoms with Crippen LogP contribution in [0.1, 0.15) is 80.6 Å². The third-order valence-corrected chi connectivity index (χ3v) is 8.17. The molecule has 0 bridgehead atoms. The van der Waals surface area contributed by atoms with Crippen LogP contribution in [0.3, 0.4) is 0 Å². The summed E-state index contributed by atoms with van der Waals surface area (Å²) in [5, 5.41) is 0. The van der Waals surface area contributed by atoms with E-state index in [2.05, 4.69) is 66.4 Å². The quantitative estimate of drug-likeness (QED) is 0.566. The molecule has 2 nitrogen and oxygen atoms in total. The molecule has 0 N–H and O–H groups in total. The fraction of sp³-hybridized carbons (Fsp3) is 0.577. The average molecular weight is 376 g/mol. The van der Waals surface area contributed by atoms with Crippen LogP contribution in [0.25, 0.3) is 11.9 Å². The van der Waals surface area contributed by atoms with E-state index >= 15 is 0 Å². The Hall–Kier alpha value is -1.83. The van der Waals surface area contributed by atoms with Gasteiger partial charge in [0, 0.05) is 13.8 Å². The Balaban J connectivity index is 1.71. The van der Waals surface area contributed by atoms with Gasteiger partial charge in [0.15, 0.2) is 5.69 Å². The van der Waals surface area contributed by atoms with Crippen molar-refractivity contribution in [3.63, 3.8) is 0 Å². The number of imidazole rings is 1. The second kappa shape index (κ2) is 6.90. The molecule has 28 heavy (non-hydrogen) atoms. The van der Waals surface area contributed by atoms with Crippen LogP contribution in [-0.2, 0) is 5.41 Å². The molecule has 1 aliphatic heterocycles. The summed E-state index contributed by atoms with van der Waals surface area (Å²) in [5.41, 5.74) is 6.05. The SMILES string of the molecule is Cc1ccccc1-n1c(C)c2[n+](c1C)C=CC2(C1CCCCC1)C1CCCC1. The number of nitrogens with zero attached hydrogens (tertiary/aromatic N) is 2. The van der Waals surface area contributed by atoms with Crippen molar-refractivity contribution in [2.75, 3.05) is 0 Å². The monoisotopic (exact) mass is 375 g/mol. The van der Waals surface area contributed by atoms with Gasteiger partial charge in [-0.1, -0.05) is 50.3 Å². The number of allylic oxidation sites excluding steroid dienone is 1. The van der Waals surface area contributed by atoms with Gasteiger partial charge >= 0.3 is 0 Å². The molecule has 148 valence electrons. The lowest BCUT2D eigenvalue weighted by atomic mass is 9.60. The number of hydrogen-bond acceptors (Lipinski definition) is 0. The van der Waals surface area contributed by atoms with Crippen LogP contribution < -0.4 is 4.57 Å². The van der Waals surface area contributed by atoms with Crippen molar-refractivity contribution in [1.29, 1.82) is 0 Å². The Morgan fingerprint density at radius 2 is 1.46 bits per heavy atom. The minimum atomic E-state index is 0.264. The third kappa shape index (κ3) is 2.49. The zero-order valence-electron chi connectivity index (χ0n) is 17.9. The topological polar surface area (TPSA) is 8.81 Å². The van der Waals surface area contributed by atoms with Crippen molar-refractivity contribution in [2.45, 2.75) is 84.0 Å². The van der Waals surface area contributed by atoms with Crippen LogP contribution in [-0.4, -0.2) is 4.57 Å². The van der Waals surface area contributed by atoms with E-state index in [0.29, 0.717) is 0 Å². The summed E-state index contributed by atoms with van der Waals surface area (Å²) in [5.74, 6) is 3.00. The van der Waals surface area contributed by atoms with Gasteiger partial charge in [0.1, 0.15) is 11.4 Å². The highest BCUT2D eigenvalue weighted by molar-refractivity contribution is 5.47. The second-order valence-corrected chi connectivity index (χ2v) is 9.54. The van der Waals surface area contributed by atoms with Crippen LogP contribution in [0.15, 0.2) is 30.3 Å². The highest BCUT2D eigenvalue weighted by Crippen LogP contribution is 2.54. The molecule has 0 radical (unpaired) electrons. The Kier molecular flexibility index (Phi) is 4.49. The number of rotatable bonds is 3. The summed E-state index contributed by atoms with van der Waals surface area (Å²) < 4.78 is 5.08. The number of aryl methyl sites for hydroxylation is 1. The van der Waals surface area contributed by atoms with Crippen LogP contribution in [0.4, 0.5) is 0 Å². The van der Waals surface area contributed by atoms with Crippen LogP contribution in [0.5, 0.6) is 0 Å². The lowest BCUT2D eigenvalue weighted by Crippen LogP contribution is -2.45. The summed E-state index contributed by atoms with van der Waals surface area (Å²) >= 11 is 0. The maximum Gasteiger partial charge on any atom is 0.263 e. The van der Waals surface area contributed by atoms with Gasteiger partial charge in [-0.25, -0.2) is 4.57 Å². The first-order chi connectivity index (χ1) is 13.6. The maximum absolute atomic E-state index is 2.65. The summed E-state index contributed by atoms with van der Waals surface area (Å²) in [7, 11) is 0. The minimum absolute atomic E-state index is 0.264. The normalized spacial score (nSPS) is 25.5. The van der Waals surface area contributed by atoms with Gasteiger partial charge in [-0.3, -0.25) is 0 Å². The fourth-order valence-electron chi connectivity index (χ4n) is 6.92. The van der Waals surface area contributed by atoms with Crippen molar-refractivity contribution in [1.82, 2.24) is 4.57 Å². The highest BCUT2D eigenvalue weighted by Gasteiger charge is 2.54. The lowest BCUT2D eigenvalue weighted by Gasteiger charge is -2.41. The number of hydrogen-bond donors (Lipinski definition) is 0. The van der Waals surface area contributed by atoms with E-state index in [1.807, 2.05) is 0 Å². The highest BCUT2D eigenvalue weighted by atomic mass is 15.2. The van der Waals surface area contributed by atoms with E-state index in [9.17, 15) is 0 Å². The summed E-state index contributed by atoms with van der Waals surface area (Å²) in [6.45, 7) is 6.93. The van der Waals surface area contributed by atoms with Crippen molar-refractivity contribution in [3.05, 3.63) is 53.1 Å². The van der Waals surface area contributed by atoms with Crippen LogP contribution in [0, 0.1) is 32.6 Å². The average Bonchev–Trinajstić information content (AvgIpc) is 3.43. The molecule has 0 spiro atoms. The van der Waals surface area contributed by atoms with Crippen molar-refractivity contribution >= 4 is 6.20 Å². The molecule has 1 aromatic carbocycles. The molecule has 1 aromatic heterocycles. The van der Waals surface area contributed by atoms with E-state index in [4.69, 9.17) is 0 Å². The van der Waals surface area contributed by atoms with E-state index < -0.39 is 0 Å². The van der Waals surface area contributed by atoms with Gasteiger partial charge in [0.2, 0.25) is 0 Å². The number of benzene rings is 1. The first kappa shape index (κ1) is 18.2. The number of fused-ring (bicyclic) bond motifs is 1. The van der Waals surface area contributed by atoms with Gasteiger partial charge in [0.25, 0.3) is 5.82 Å². The fourth-order valence-corrected chi connectivity index (χ4v) is 6.92. The first-order valence-electron chi connectivity index (χ1n) is 11.5. The molecular weight excluding hydrogens is 340 g/mol. The van der Waals surface area contributed by atoms with Crippen LogP contribution >= 0.6 is 0 Å². The Bertz CT molecular complexity index is 907. The Morgan fingerprint density at radius 1 is 0.857 bits per heavy atom. The second-order valence-electron chi connectivity index (χ2n) is 9.54. The van der Waals surface area contributed by atoms with Gasteiger partial charge in [0.05, 0.1) is 11.6 Å². The molecule has 2 saturated carbocycles. The van der Waals surface area contributed by atoms with E-state index in [0.717, 1.165) is 11.8 Å². The van der Waals surface area contributed by atoms with Gasteiger partial charge in [-0.2, -0.15) is 4.57 Å². The molecule has 2 heteroatoms. The zero-order chi connectivity index (χ0) is 19.3. The Labute approximate surface area is 170 Å². The van der Waals surface area contributed by atoms with Crippen molar-refractivity contribution in [2.24, 2.45) is 11.8 Å². The van der Waals surface area contributed by atoms with Crippen LogP contribution in [0.2, 0.25) is 0 Å². The molecule has 2 heterocycles. The standard InChI is InChI=1S/C26H35N2/c1-19-11-7-10-16-24(19)28-20(2)25-26(23-14-8-9-15-23,17-18-27(25)21(28)3)22-12-5-4-6-13-22/h7,10-11,16-18,22-23H,4-6,8-9,12-15H2,1-3H3/q+1. The minimum Gasteiger partial charge on any atom is -0.203 e. The summed E-state index contributed by atoms with van der Waals surface area (Å²) in [6.07, 6.45) is 17.8. The first-order valence-corrected chi connectivity index (χ1v) is 11.5. The van der Waals surface area contributed by atoms with Crippen molar-refractivity contribution < 1.29 is 4.57 Å². The van der Waals surface area contributed by atoms with E-state index in [-0.39, 0.29) is 5.41 Å². The molecule has 2 fully saturated rings. The molecule has 0 saturated heterocycles. The smallest absolute Gasteiger partial charge is 0.203 e. The van der Waals surface area contributed by atoms with E-state index in [1.54, 1.807) is 5.69 Å². The molecule has 0 amide bonds. The van der Waals surface area contributed by atoms with E-state index in [1.165, 1.54) is 80.6 Å². The van der Waals surface area contributed by atoms with Gasteiger partial charge in [-0.05, 0) is 62.1 Å². The zero-order valence-corrected chi connectivity index (χ0v) is 17.9. The molecule has 1 unspecified atom stereocenters. The largest absolute Gasteiger partial charge is 0.263 e. The number of aromatic nitrogens is 2. The summed E-state index contributed by atoms with van der Waals surface area (Å²) in [6, 6.07) is 8.86. The lowest BCUT2D eigenvalue weighted by molar-refractivity contribution is -0.582. The third-order valence-electron chi connectivity index (χ3n) is 8.17. The molecule has 5 rings (SSSR count). The predicted octanol–water partition coefficient (Wildman–Crippen LogP) is 6.18. The molecular formula is C26H35N2+. The Morgan fingerprint density at radius 3 is 2.11 bits per heavy atom.